The Morgan fingerprint density at radius 1 is 1.26 bits per heavy atom. The van der Waals surface area contributed by atoms with Gasteiger partial charge in [0.2, 0.25) is 5.91 Å². The van der Waals surface area contributed by atoms with Crippen LogP contribution in [0, 0.1) is 0 Å². The number of carbonyl (C=O) groups excluding carboxylic acids is 1. The zero-order chi connectivity index (χ0) is 16.6. The van der Waals surface area contributed by atoms with Gasteiger partial charge in [-0.15, -0.1) is 0 Å². The van der Waals surface area contributed by atoms with Gasteiger partial charge in [-0.2, -0.15) is 13.2 Å². The summed E-state index contributed by atoms with van der Waals surface area (Å²) in [5, 5.41) is 2.34. The molecule has 1 amide bonds. The molecule has 1 unspecified atom stereocenters. The van der Waals surface area contributed by atoms with Gasteiger partial charge in [0.15, 0.2) is 0 Å². The number of alkyl halides is 3. The quantitative estimate of drug-likeness (QED) is 0.943. The molecule has 4 nitrogen and oxygen atoms in total. The largest absolute Gasteiger partial charge is 0.496 e. The molecule has 1 aliphatic heterocycles. The molecule has 0 saturated carbocycles. The molecule has 1 aliphatic rings. The van der Waals surface area contributed by atoms with E-state index in [2.05, 4.69) is 5.43 Å². The summed E-state index contributed by atoms with van der Waals surface area (Å²) in [5.41, 5.74) is 2.35. The highest BCUT2D eigenvalue weighted by Crippen LogP contribution is 2.39. The minimum absolute atomic E-state index is 0.0208. The second-order valence-corrected chi connectivity index (χ2v) is 5.36. The minimum atomic E-state index is -4.51. The zero-order valence-electron chi connectivity index (χ0n) is 12.4. The highest BCUT2D eigenvalue weighted by molar-refractivity contribution is 5.89. The predicted octanol–water partition coefficient (Wildman–Crippen LogP) is 3.19. The van der Waals surface area contributed by atoms with Crippen molar-refractivity contribution >= 4 is 16.7 Å². The number of rotatable bonds is 3. The molecule has 23 heavy (non-hydrogen) atoms. The molecule has 122 valence electrons. The lowest BCUT2D eigenvalue weighted by atomic mass is 10.0. The fourth-order valence-corrected chi connectivity index (χ4v) is 2.84. The van der Waals surface area contributed by atoms with E-state index in [0.717, 1.165) is 10.4 Å². The molecule has 1 atom stereocenters. The number of amides is 1. The second-order valence-electron chi connectivity index (χ2n) is 5.36. The monoisotopic (exact) mass is 324 g/mol. The van der Waals surface area contributed by atoms with E-state index < -0.39 is 18.1 Å². The van der Waals surface area contributed by atoms with Crippen LogP contribution in [0.25, 0.3) is 10.8 Å². The number of hydrogen-bond donors (Lipinski definition) is 1. The number of methoxy groups -OCH3 is 1. The second kappa shape index (κ2) is 5.73. The maximum Gasteiger partial charge on any atom is 0.409 e. The van der Waals surface area contributed by atoms with E-state index in [1.165, 1.54) is 19.2 Å². The van der Waals surface area contributed by atoms with Crippen molar-refractivity contribution in [3.05, 3.63) is 42.0 Å². The van der Waals surface area contributed by atoms with Gasteiger partial charge in [-0.25, -0.2) is 5.01 Å². The molecule has 0 aromatic heterocycles. The summed E-state index contributed by atoms with van der Waals surface area (Å²) in [5.74, 6) is 0.105. The fraction of sp³-hybridized carbons (Fsp3) is 0.312. The van der Waals surface area contributed by atoms with Gasteiger partial charge in [0, 0.05) is 18.4 Å². The lowest BCUT2D eigenvalue weighted by molar-refractivity contribution is -0.191. The van der Waals surface area contributed by atoms with Crippen molar-refractivity contribution in [3.8, 4) is 5.75 Å². The maximum atomic E-state index is 13.5. The number of halogens is 3. The molecular weight excluding hydrogens is 309 g/mol. The first kappa shape index (κ1) is 15.6. The third-order valence-electron chi connectivity index (χ3n) is 3.87. The lowest BCUT2D eigenvalue weighted by Crippen LogP contribution is -2.43. The average molecular weight is 324 g/mol. The van der Waals surface area contributed by atoms with Crippen LogP contribution in [0.15, 0.2) is 36.4 Å². The normalized spacial score (nSPS) is 17.3. The molecule has 1 fully saturated rings. The van der Waals surface area contributed by atoms with Gasteiger partial charge in [-0.1, -0.05) is 24.3 Å². The highest BCUT2D eigenvalue weighted by atomic mass is 19.4. The van der Waals surface area contributed by atoms with Crippen LogP contribution in [0.1, 0.15) is 18.0 Å². The summed E-state index contributed by atoms with van der Waals surface area (Å²) < 4.78 is 45.9. The fourth-order valence-electron chi connectivity index (χ4n) is 2.84. The Hall–Kier alpha value is -2.28. The summed E-state index contributed by atoms with van der Waals surface area (Å²) in [6.45, 7) is 0.0208. The predicted molar refractivity (Wildman–Crippen MR) is 78.8 cm³/mol. The number of hydrogen-bond acceptors (Lipinski definition) is 3. The van der Waals surface area contributed by atoms with E-state index >= 15 is 0 Å². The number of hydrazine groups is 1. The van der Waals surface area contributed by atoms with Crippen LogP contribution in [0.3, 0.4) is 0 Å². The molecule has 7 heteroatoms. The van der Waals surface area contributed by atoms with Gasteiger partial charge in [-0.3, -0.25) is 10.2 Å². The first-order valence-electron chi connectivity index (χ1n) is 7.09. The number of benzene rings is 2. The van der Waals surface area contributed by atoms with Gasteiger partial charge in [0.1, 0.15) is 11.8 Å². The minimum Gasteiger partial charge on any atom is -0.496 e. The van der Waals surface area contributed by atoms with Crippen molar-refractivity contribution in [2.24, 2.45) is 0 Å². The molecule has 3 rings (SSSR count). The van der Waals surface area contributed by atoms with Gasteiger partial charge in [-0.05, 0) is 23.1 Å². The molecule has 1 saturated heterocycles. The molecular formula is C16H15F3N2O2. The van der Waals surface area contributed by atoms with Crippen LogP contribution in [0.4, 0.5) is 13.2 Å². The standard InChI is InChI=1S/C16H15F3N2O2/c1-23-13-4-2-3-10-5-6-11(9-12(10)13)15(16(17,18)19)21-8-7-14(22)20-21/h2-6,9,15H,7-8H2,1H3,(H,20,22). The molecule has 2 aromatic rings. The van der Waals surface area contributed by atoms with Gasteiger partial charge in [0.05, 0.1) is 7.11 Å². The van der Waals surface area contributed by atoms with Crippen LogP contribution >= 0.6 is 0 Å². The Morgan fingerprint density at radius 3 is 2.65 bits per heavy atom. The smallest absolute Gasteiger partial charge is 0.409 e. The summed E-state index contributed by atoms with van der Waals surface area (Å²) in [4.78, 5) is 11.3. The molecule has 0 spiro atoms. The van der Waals surface area contributed by atoms with Crippen molar-refractivity contribution in [2.45, 2.75) is 18.6 Å². The summed E-state index contributed by atoms with van der Waals surface area (Å²) in [7, 11) is 1.48. The highest BCUT2D eigenvalue weighted by Gasteiger charge is 2.46. The number of carbonyl (C=O) groups is 1. The van der Waals surface area contributed by atoms with Crippen LogP contribution in [-0.4, -0.2) is 30.7 Å². The van der Waals surface area contributed by atoms with Crippen LogP contribution < -0.4 is 10.2 Å². The van der Waals surface area contributed by atoms with Crippen molar-refractivity contribution in [2.75, 3.05) is 13.7 Å². The van der Waals surface area contributed by atoms with E-state index in [1.807, 2.05) is 6.07 Å². The van der Waals surface area contributed by atoms with E-state index in [9.17, 15) is 18.0 Å². The van der Waals surface area contributed by atoms with E-state index in [0.29, 0.717) is 11.1 Å². The lowest BCUT2D eigenvalue weighted by Gasteiger charge is -2.29. The molecule has 2 aromatic carbocycles. The number of fused-ring (bicyclic) bond motifs is 1. The maximum absolute atomic E-state index is 13.5. The third-order valence-corrected chi connectivity index (χ3v) is 3.87. The SMILES string of the molecule is COc1cccc2ccc(C(N3CCC(=O)N3)C(F)(F)F)cc12. The zero-order valence-corrected chi connectivity index (χ0v) is 12.4. The van der Waals surface area contributed by atoms with Crippen molar-refractivity contribution in [1.82, 2.24) is 10.4 Å². The number of nitrogens with one attached hydrogen (secondary N) is 1. The Labute approximate surface area is 130 Å². The Kier molecular flexibility index (Phi) is 3.89. The van der Waals surface area contributed by atoms with Crippen molar-refractivity contribution in [3.63, 3.8) is 0 Å². The van der Waals surface area contributed by atoms with Crippen LogP contribution in [0.5, 0.6) is 5.75 Å². The molecule has 0 aliphatic carbocycles. The molecule has 1 N–H and O–H groups in total. The van der Waals surface area contributed by atoms with Crippen molar-refractivity contribution in [1.29, 1.82) is 0 Å². The summed E-state index contributed by atoms with van der Waals surface area (Å²) in [6, 6.07) is 7.94. The number of nitrogens with zero attached hydrogens (tertiary/aromatic N) is 1. The topological polar surface area (TPSA) is 41.6 Å². The van der Waals surface area contributed by atoms with E-state index in [4.69, 9.17) is 4.74 Å². The first-order chi connectivity index (χ1) is 10.9. The Bertz CT molecular complexity index is 746. The third kappa shape index (κ3) is 2.96. The average Bonchev–Trinajstić information content (AvgIpc) is 2.91. The van der Waals surface area contributed by atoms with E-state index in [1.54, 1.807) is 18.2 Å². The van der Waals surface area contributed by atoms with E-state index in [-0.39, 0.29) is 18.5 Å². The van der Waals surface area contributed by atoms with Crippen LogP contribution in [0.2, 0.25) is 0 Å². The Morgan fingerprint density at radius 2 is 2.04 bits per heavy atom. The van der Waals surface area contributed by atoms with Crippen LogP contribution in [-0.2, 0) is 4.79 Å². The summed E-state index contributed by atoms with van der Waals surface area (Å²) >= 11 is 0. The molecule has 0 bridgehead atoms. The first-order valence-corrected chi connectivity index (χ1v) is 7.09. The van der Waals surface area contributed by atoms with Crippen molar-refractivity contribution < 1.29 is 22.7 Å². The van der Waals surface area contributed by atoms with Gasteiger partial charge in [0.25, 0.3) is 0 Å². The Balaban J connectivity index is 2.09. The van der Waals surface area contributed by atoms with Gasteiger partial charge < -0.3 is 4.74 Å². The number of ether oxygens (including phenoxy) is 1. The molecule has 1 heterocycles. The van der Waals surface area contributed by atoms with Gasteiger partial charge >= 0.3 is 6.18 Å². The summed E-state index contributed by atoms with van der Waals surface area (Å²) in [6.07, 6.45) is -4.45. The molecule has 0 radical (unpaired) electrons.